The summed E-state index contributed by atoms with van der Waals surface area (Å²) >= 11 is 1.86. The van der Waals surface area contributed by atoms with Crippen LogP contribution in [-0.2, 0) is 5.41 Å². The van der Waals surface area contributed by atoms with Crippen LogP contribution in [0, 0.1) is 0 Å². The minimum atomic E-state index is -0.582. The van der Waals surface area contributed by atoms with Gasteiger partial charge in [-0.3, -0.25) is 0 Å². The van der Waals surface area contributed by atoms with Gasteiger partial charge in [0.1, 0.15) is 0 Å². The van der Waals surface area contributed by atoms with Gasteiger partial charge >= 0.3 is 0 Å². The van der Waals surface area contributed by atoms with E-state index in [1.807, 2.05) is 11.3 Å². The molecule has 1 aromatic heterocycles. The first kappa shape index (κ1) is 35.1. The molecule has 13 rings (SSSR count). The van der Waals surface area contributed by atoms with Crippen molar-refractivity contribution in [1.29, 1.82) is 0 Å². The van der Waals surface area contributed by atoms with Gasteiger partial charge in [-0.1, -0.05) is 158 Å². The maximum Gasteiger partial charge on any atom is 0.0727 e. The van der Waals surface area contributed by atoms with Crippen molar-refractivity contribution in [3.63, 3.8) is 0 Å². The molecule has 1 unspecified atom stereocenters. The first-order chi connectivity index (χ1) is 30.8. The largest absolute Gasteiger partial charge is 0.310 e. The summed E-state index contributed by atoms with van der Waals surface area (Å²) < 4.78 is 2.61. The summed E-state index contributed by atoms with van der Waals surface area (Å²) in [5, 5.41) is 5.05. The summed E-state index contributed by atoms with van der Waals surface area (Å²) in [6, 6.07) is 85.3. The van der Waals surface area contributed by atoms with Gasteiger partial charge in [-0.2, -0.15) is 0 Å². The van der Waals surface area contributed by atoms with E-state index < -0.39 is 5.41 Å². The average Bonchev–Trinajstić information content (AvgIpc) is 3.97. The van der Waals surface area contributed by atoms with E-state index in [0.29, 0.717) is 0 Å². The molecule has 2 aliphatic rings. The zero-order chi connectivity index (χ0) is 40.8. The molecule has 290 valence electrons. The predicted octanol–water partition coefficient (Wildman–Crippen LogP) is 16.5. The summed E-state index contributed by atoms with van der Waals surface area (Å²) in [7, 11) is 0. The molecule has 0 saturated carbocycles. The van der Waals surface area contributed by atoms with Crippen LogP contribution in [0.15, 0.2) is 231 Å². The Morgan fingerprint density at radius 2 is 0.790 bits per heavy atom. The number of fused-ring (bicyclic) bond motifs is 15. The molecular formula is C59H38N2S. The molecule has 0 saturated heterocycles. The molecule has 0 N–H and O–H groups in total. The standard InChI is InChI=1S/C59H38N2S/c1-4-19-39(20-5-1)60(40-21-6-2-7-22-40)53-33-18-32-51-58(53)47-29-13-16-31-50(47)59(51)49-30-15-12-28-46(49)57-45-27-11-10-25-43(45)54(38-52(57)59)61(41-23-8-3-9-24-41)42-35-36-56-48(37-42)44-26-14-17-34-55(44)62-56/h1-38H. The van der Waals surface area contributed by atoms with Crippen molar-refractivity contribution in [1.82, 2.24) is 0 Å². The molecule has 2 aliphatic carbocycles. The Balaban J connectivity index is 1.14. The van der Waals surface area contributed by atoms with Crippen LogP contribution in [-0.4, -0.2) is 0 Å². The minimum Gasteiger partial charge on any atom is -0.310 e. The fourth-order valence-electron chi connectivity index (χ4n) is 10.8. The molecule has 1 spiro atoms. The quantitative estimate of drug-likeness (QED) is 0.165. The van der Waals surface area contributed by atoms with Crippen LogP contribution < -0.4 is 9.80 Å². The lowest BCUT2D eigenvalue weighted by molar-refractivity contribution is 0.794. The van der Waals surface area contributed by atoms with Gasteiger partial charge in [0.05, 0.1) is 16.8 Å². The van der Waals surface area contributed by atoms with Crippen molar-refractivity contribution < 1.29 is 0 Å². The third-order valence-electron chi connectivity index (χ3n) is 13.2. The lowest BCUT2D eigenvalue weighted by Gasteiger charge is -2.33. The van der Waals surface area contributed by atoms with Crippen molar-refractivity contribution in [2.24, 2.45) is 0 Å². The maximum absolute atomic E-state index is 2.55. The number of nitrogens with zero attached hydrogens (tertiary/aromatic N) is 2. The molecule has 62 heavy (non-hydrogen) atoms. The van der Waals surface area contributed by atoms with E-state index in [9.17, 15) is 0 Å². The number of rotatable bonds is 6. The van der Waals surface area contributed by atoms with E-state index in [-0.39, 0.29) is 0 Å². The molecule has 0 radical (unpaired) electrons. The molecule has 0 amide bonds. The Kier molecular flexibility index (Phi) is 7.72. The second-order valence-corrected chi connectivity index (χ2v) is 17.4. The van der Waals surface area contributed by atoms with Crippen molar-refractivity contribution in [2.45, 2.75) is 5.41 Å². The van der Waals surface area contributed by atoms with E-state index in [4.69, 9.17) is 0 Å². The van der Waals surface area contributed by atoms with Crippen LogP contribution in [0.25, 0.3) is 53.2 Å². The van der Waals surface area contributed by atoms with Crippen molar-refractivity contribution >= 4 is 76.4 Å². The van der Waals surface area contributed by atoms with Gasteiger partial charge in [-0.25, -0.2) is 0 Å². The maximum atomic E-state index is 2.55. The zero-order valence-electron chi connectivity index (χ0n) is 33.7. The molecule has 2 nitrogen and oxygen atoms in total. The van der Waals surface area contributed by atoms with Gasteiger partial charge in [-0.05, 0) is 117 Å². The third kappa shape index (κ3) is 4.91. The minimum absolute atomic E-state index is 0.582. The number of thiophene rings is 1. The predicted molar refractivity (Wildman–Crippen MR) is 263 cm³/mol. The van der Waals surface area contributed by atoms with E-state index in [1.54, 1.807) is 0 Å². The zero-order valence-corrected chi connectivity index (χ0v) is 34.6. The van der Waals surface area contributed by atoms with Crippen LogP contribution in [0.4, 0.5) is 34.1 Å². The molecular weight excluding hydrogens is 769 g/mol. The number of hydrogen-bond acceptors (Lipinski definition) is 3. The molecule has 3 heteroatoms. The first-order valence-corrected chi connectivity index (χ1v) is 22.2. The van der Waals surface area contributed by atoms with Crippen LogP contribution in [0.5, 0.6) is 0 Å². The Bertz CT molecular complexity index is 3500. The van der Waals surface area contributed by atoms with Crippen LogP contribution in [0.2, 0.25) is 0 Å². The number of hydrogen-bond donors (Lipinski definition) is 0. The highest BCUT2D eigenvalue weighted by Crippen LogP contribution is 2.66. The molecule has 0 bridgehead atoms. The van der Waals surface area contributed by atoms with E-state index in [0.717, 1.165) is 28.4 Å². The Hall–Kier alpha value is -7.72. The van der Waals surface area contributed by atoms with Crippen molar-refractivity contribution in [2.75, 3.05) is 9.80 Å². The highest BCUT2D eigenvalue weighted by Gasteiger charge is 2.53. The topological polar surface area (TPSA) is 6.48 Å². The van der Waals surface area contributed by atoms with Crippen LogP contribution >= 0.6 is 11.3 Å². The van der Waals surface area contributed by atoms with Gasteiger partial charge in [0.15, 0.2) is 0 Å². The summed E-state index contributed by atoms with van der Waals surface area (Å²) in [5.74, 6) is 0. The number of anilines is 6. The third-order valence-corrected chi connectivity index (χ3v) is 14.4. The second-order valence-electron chi connectivity index (χ2n) is 16.4. The van der Waals surface area contributed by atoms with Crippen molar-refractivity contribution in [3.05, 3.63) is 253 Å². The average molecular weight is 807 g/mol. The molecule has 1 atom stereocenters. The molecule has 11 aromatic rings. The second kappa shape index (κ2) is 13.7. The fourth-order valence-corrected chi connectivity index (χ4v) is 11.9. The highest BCUT2D eigenvalue weighted by molar-refractivity contribution is 7.25. The smallest absolute Gasteiger partial charge is 0.0727 e. The van der Waals surface area contributed by atoms with Gasteiger partial charge < -0.3 is 9.80 Å². The Labute approximate surface area is 364 Å². The Morgan fingerprint density at radius 3 is 1.45 bits per heavy atom. The molecule has 0 aliphatic heterocycles. The first-order valence-electron chi connectivity index (χ1n) is 21.4. The molecule has 10 aromatic carbocycles. The molecule has 1 heterocycles. The normalized spacial score (nSPS) is 14.5. The van der Waals surface area contributed by atoms with Gasteiger partial charge in [0.25, 0.3) is 0 Å². The summed E-state index contributed by atoms with van der Waals surface area (Å²) in [6.07, 6.45) is 0. The number of para-hydroxylation sites is 3. The Morgan fingerprint density at radius 1 is 0.290 bits per heavy atom. The summed E-state index contributed by atoms with van der Waals surface area (Å²) in [6.45, 7) is 0. The van der Waals surface area contributed by atoms with Gasteiger partial charge in [0.2, 0.25) is 0 Å². The van der Waals surface area contributed by atoms with E-state index in [1.165, 1.54) is 81.1 Å². The monoisotopic (exact) mass is 806 g/mol. The van der Waals surface area contributed by atoms with Crippen LogP contribution in [0.3, 0.4) is 0 Å². The SMILES string of the molecule is c1ccc(N(c2ccccc2)c2cccc3c2-c2ccccc2C32c3ccccc3-c3c2cc(N(c2ccccc2)c2ccc4sc5ccccc5c4c2)c2ccccc32)cc1. The van der Waals surface area contributed by atoms with E-state index in [2.05, 4.69) is 240 Å². The number of benzene rings is 10. The summed E-state index contributed by atoms with van der Waals surface area (Å²) in [4.78, 5) is 4.93. The van der Waals surface area contributed by atoms with E-state index >= 15 is 0 Å². The lowest BCUT2D eigenvalue weighted by Crippen LogP contribution is -2.26. The van der Waals surface area contributed by atoms with Gasteiger partial charge in [0, 0.05) is 53.9 Å². The van der Waals surface area contributed by atoms with Gasteiger partial charge in [-0.15, -0.1) is 11.3 Å². The highest BCUT2D eigenvalue weighted by atomic mass is 32.1. The molecule has 0 fully saturated rings. The fraction of sp³-hybridized carbons (Fsp3) is 0.0169. The van der Waals surface area contributed by atoms with Crippen LogP contribution in [0.1, 0.15) is 22.3 Å². The summed E-state index contributed by atoms with van der Waals surface area (Å²) in [5.41, 5.74) is 16.6. The lowest BCUT2D eigenvalue weighted by atomic mass is 9.70. The van der Waals surface area contributed by atoms with Crippen molar-refractivity contribution in [3.8, 4) is 22.3 Å².